The Balaban J connectivity index is 1.45. The Kier molecular flexibility index (Phi) is 6.77. The summed E-state index contributed by atoms with van der Waals surface area (Å²) in [6.07, 6.45) is 3.13. The van der Waals surface area contributed by atoms with Crippen LogP contribution in [0.3, 0.4) is 0 Å². The second-order valence-corrected chi connectivity index (χ2v) is 9.61. The molecule has 3 fully saturated rings. The molecule has 2 amide bonds. The first-order valence-electron chi connectivity index (χ1n) is 11.9. The van der Waals surface area contributed by atoms with Gasteiger partial charge in [0.05, 0.1) is 25.6 Å². The van der Waals surface area contributed by atoms with Gasteiger partial charge in [0.15, 0.2) is 0 Å². The van der Waals surface area contributed by atoms with Crippen LogP contribution in [0.15, 0.2) is 24.3 Å². The first kappa shape index (κ1) is 23.1. The second-order valence-electron chi connectivity index (χ2n) is 9.61. The molecule has 1 atom stereocenters. The van der Waals surface area contributed by atoms with E-state index in [2.05, 4.69) is 11.8 Å². The minimum absolute atomic E-state index is 0.0430. The molecule has 7 heteroatoms. The van der Waals surface area contributed by atoms with Crippen LogP contribution in [0.2, 0.25) is 0 Å². The molecule has 1 aromatic carbocycles. The second kappa shape index (κ2) is 9.40. The molecular formula is C25H37N3O4. The zero-order valence-electron chi connectivity index (χ0n) is 19.8. The van der Waals surface area contributed by atoms with Gasteiger partial charge in [-0.2, -0.15) is 0 Å². The highest BCUT2D eigenvalue weighted by Crippen LogP contribution is 2.57. The van der Waals surface area contributed by atoms with Crippen molar-refractivity contribution in [2.45, 2.75) is 32.6 Å². The van der Waals surface area contributed by atoms with Crippen LogP contribution in [0.1, 0.15) is 31.7 Å². The Bertz CT molecular complexity index is 819. The van der Waals surface area contributed by atoms with Crippen molar-refractivity contribution >= 4 is 11.8 Å². The summed E-state index contributed by atoms with van der Waals surface area (Å²) in [5.41, 5.74) is 0.657. The fourth-order valence-electron chi connectivity index (χ4n) is 6.19. The number of nitrogens with zero attached hydrogens (tertiary/aromatic N) is 3. The molecular weight excluding hydrogens is 406 g/mol. The number of amides is 2. The van der Waals surface area contributed by atoms with Crippen molar-refractivity contribution in [2.75, 3.05) is 66.6 Å². The van der Waals surface area contributed by atoms with Gasteiger partial charge in [0.25, 0.3) is 0 Å². The summed E-state index contributed by atoms with van der Waals surface area (Å²) in [5.74, 6) is 1.30. The maximum atomic E-state index is 13.5. The van der Waals surface area contributed by atoms with E-state index in [0.29, 0.717) is 18.9 Å². The molecule has 0 radical (unpaired) electrons. The van der Waals surface area contributed by atoms with Crippen LogP contribution in [-0.2, 0) is 20.7 Å². The number of carbonyl (C=O) groups excluding carboxylic acids is 2. The number of ether oxygens (including phenoxy) is 2. The fourth-order valence-corrected chi connectivity index (χ4v) is 6.19. The zero-order valence-corrected chi connectivity index (χ0v) is 19.8. The molecule has 3 saturated heterocycles. The Labute approximate surface area is 191 Å². The van der Waals surface area contributed by atoms with Gasteiger partial charge in [-0.1, -0.05) is 12.1 Å². The van der Waals surface area contributed by atoms with E-state index < -0.39 is 0 Å². The third-order valence-corrected chi connectivity index (χ3v) is 8.12. The standard InChI is InChI=1S/C25H37N3O4/c1-4-27-14-11-25(23(27)30)19-26(15-16-31-2)18-24(25)9-12-28(13-10-24)22(29)17-20-5-7-21(32-3)8-6-20/h5-8H,4,9-19H2,1-3H3. The van der Waals surface area contributed by atoms with Crippen molar-refractivity contribution in [2.24, 2.45) is 10.8 Å². The van der Waals surface area contributed by atoms with Crippen LogP contribution in [0, 0.1) is 10.8 Å². The Morgan fingerprint density at radius 2 is 1.75 bits per heavy atom. The number of methoxy groups -OCH3 is 2. The van der Waals surface area contributed by atoms with Crippen LogP contribution < -0.4 is 4.74 Å². The first-order valence-corrected chi connectivity index (χ1v) is 11.9. The molecule has 176 valence electrons. The summed E-state index contributed by atoms with van der Waals surface area (Å²) < 4.78 is 10.5. The molecule has 7 nitrogen and oxygen atoms in total. The van der Waals surface area contributed by atoms with Gasteiger partial charge in [-0.05, 0) is 43.9 Å². The quantitative estimate of drug-likeness (QED) is 0.646. The lowest BCUT2D eigenvalue weighted by molar-refractivity contribution is -0.143. The van der Waals surface area contributed by atoms with Gasteiger partial charge in [-0.3, -0.25) is 14.5 Å². The summed E-state index contributed by atoms with van der Waals surface area (Å²) in [7, 11) is 3.37. The maximum Gasteiger partial charge on any atom is 0.230 e. The van der Waals surface area contributed by atoms with Gasteiger partial charge >= 0.3 is 0 Å². The molecule has 0 aromatic heterocycles. The third-order valence-electron chi connectivity index (χ3n) is 8.12. The Morgan fingerprint density at radius 1 is 1.03 bits per heavy atom. The molecule has 3 aliphatic heterocycles. The summed E-state index contributed by atoms with van der Waals surface area (Å²) in [5, 5.41) is 0. The van der Waals surface area contributed by atoms with E-state index >= 15 is 0 Å². The van der Waals surface area contributed by atoms with Crippen LogP contribution in [0.25, 0.3) is 0 Å². The van der Waals surface area contributed by atoms with Gasteiger partial charge in [0, 0.05) is 58.3 Å². The normalized spacial score (nSPS) is 25.3. The van der Waals surface area contributed by atoms with Crippen molar-refractivity contribution in [3.05, 3.63) is 29.8 Å². The van der Waals surface area contributed by atoms with Gasteiger partial charge in [0.2, 0.25) is 11.8 Å². The summed E-state index contributed by atoms with van der Waals surface area (Å²) >= 11 is 0. The van der Waals surface area contributed by atoms with Crippen LogP contribution in [0.4, 0.5) is 0 Å². The van der Waals surface area contributed by atoms with Crippen molar-refractivity contribution in [3.8, 4) is 5.75 Å². The number of hydrogen-bond acceptors (Lipinski definition) is 5. The number of carbonyl (C=O) groups is 2. The molecule has 4 rings (SSSR count). The topological polar surface area (TPSA) is 62.3 Å². The van der Waals surface area contributed by atoms with Gasteiger partial charge in [0.1, 0.15) is 5.75 Å². The van der Waals surface area contributed by atoms with Crippen LogP contribution in [-0.4, -0.2) is 93.2 Å². The van der Waals surface area contributed by atoms with E-state index in [1.165, 1.54) is 0 Å². The van der Waals surface area contributed by atoms with E-state index in [1.807, 2.05) is 34.1 Å². The molecule has 32 heavy (non-hydrogen) atoms. The summed E-state index contributed by atoms with van der Waals surface area (Å²) in [4.78, 5) is 33.0. The predicted octanol–water partition coefficient (Wildman–Crippen LogP) is 2.05. The molecule has 0 saturated carbocycles. The fraction of sp³-hybridized carbons (Fsp3) is 0.680. The molecule has 2 spiro atoms. The number of rotatable bonds is 7. The Morgan fingerprint density at radius 3 is 2.34 bits per heavy atom. The molecule has 1 unspecified atom stereocenters. The highest BCUT2D eigenvalue weighted by molar-refractivity contribution is 5.87. The van der Waals surface area contributed by atoms with Crippen molar-refractivity contribution in [3.63, 3.8) is 0 Å². The zero-order chi connectivity index (χ0) is 22.8. The largest absolute Gasteiger partial charge is 0.497 e. The summed E-state index contributed by atoms with van der Waals surface area (Å²) in [6, 6.07) is 7.71. The maximum absolute atomic E-state index is 13.5. The predicted molar refractivity (Wildman–Crippen MR) is 123 cm³/mol. The average molecular weight is 444 g/mol. The number of benzene rings is 1. The molecule has 3 aliphatic rings. The third kappa shape index (κ3) is 4.01. The van der Waals surface area contributed by atoms with Crippen molar-refractivity contribution < 1.29 is 19.1 Å². The molecule has 0 bridgehead atoms. The van der Waals surface area contributed by atoms with Gasteiger partial charge < -0.3 is 19.3 Å². The Hall–Kier alpha value is -2.12. The van der Waals surface area contributed by atoms with Crippen LogP contribution >= 0.6 is 0 Å². The first-order chi connectivity index (χ1) is 15.5. The van der Waals surface area contributed by atoms with Crippen LogP contribution in [0.5, 0.6) is 5.75 Å². The highest BCUT2D eigenvalue weighted by atomic mass is 16.5. The molecule has 3 heterocycles. The van der Waals surface area contributed by atoms with Crippen molar-refractivity contribution in [1.29, 1.82) is 0 Å². The molecule has 1 aromatic rings. The van der Waals surface area contributed by atoms with Gasteiger partial charge in [-0.25, -0.2) is 0 Å². The SMILES string of the molecule is CCN1CCC2(CN(CCOC)CC23CCN(C(=O)Cc2ccc(OC)cc2)CC3)C1=O. The van der Waals surface area contributed by atoms with E-state index in [9.17, 15) is 9.59 Å². The minimum Gasteiger partial charge on any atom is -0.497 e. The summed E-state index contributed by atoms with van der Waals surface area (Å²) in [6.45, 7) is 8.47. The van der Waals surface area contributed by atoms with E-state index in [0.717, 1.165) is 76.4 Å². The number of likely N-dealkylation sites (tertiary alicyclic amines) is 3. The minimum atomic E-state index is -0.304. The van der Waals surface area contributed by atoms with E-state index in [4.69, 9.17) is 9.47 Å². The van der Waals surface area contributed by atoms with E-state index in [-0.39, 0.29) is 16.7 Å². The molecule has 0 N–H and O–H groups in total. The lowest BCUT2D eigenvalue weighted by Crippen LogP contribution is -2.53. The van der Waals surface area contributed by atoms with Gasteiger partial charge in [-0.15, -0.1) is 0 Å². The average Bonchev–Trinajstić information content (AvgIpc) is 3.30. The van der Waals surface area contributed by atoms with E-state index in [1.54, 1.807) is 14.2 Å². The number of fused-ring (bicyclic) bond motifs is 1. The smallest absolute Gasteiger partial charge is 0.230 e. The monoisotopic (exact) mass is 443 g/mol. The highest BCUT2D eigenvalue weighted by Gasteiger charge is 2.64. The lowest BCUT2D eigenvalue weighted by atomic mass is 9.60. The number of hydrogen-bond donors (Lipinski definition) is 0. The van der Waals surface area contributed by atoms with Crippen molar-refractivity contribution in [1.82, 2.24) is 14.7 Å². The lowest BCUT2D eigenvalue weighted by Gasteiger charge is -2.47. The number of piperidine rings is 1. The molecule has 0 aliphatic carbocycles.